The first-order valence-electron chi connectivity index (χ1n) is 4.81. The summed E-state index contributed by atoms with van der Waals surface area (Å²) in [7, 11) is 0. The van der Waals surface area contributed by atoms with E-state index in [1.165, 1.54) is 6.33 Å². The van der Waals surface area contributed by atoms with Crippen LogP contribution in [-0.2, 0) is 0 Å². The summed E-state index contributed by atoms with van der Waals surface area (Å²) in [5.41, 5.74) is 9.19. The zero-order valence-corrected chi connectivity index (χ0v) is 8.85. The Kier molecular flexibility index (Phi) is 1.62. The lowest BCUT2D eigenvalue weighted by Gasteiger charge is -1.97. The molecule has 0 unspecified atom stereocenters. The molecule has 3 aromatic heterocycles. The molecule has 6 heteroatoms. The van der Waals surface area contributed by atoms with Crippen molar-refractivity contribution in [1.29, 1.82) is 0 Å². The zero-order chi connectivity index (χ0) is 11.3. The topological polar surface area (TPSA) is 90.7 Å². The number of hydrogen-bond acceptors (Lipinski definition) is 6. The van der Waals surface area contributed by atoms with Crippen molar-refractivity contribution in [2.24, 2.45) is 0 Å². The van der Waals surface area contributed by atoms with Gasteiger partial charge in [-0.2, -0.15) is 5.10 Å². The monoisotopic (exact) mass is 215 g/mol. The maximum absolute atomic E-state index is 5.72. The highest BCUT2D eigenvalue weighted by atomic mass is 16.3. The van der Waals surface area contributed by atoms with Crippen molar-refractivity contribution in [2.45, 2.75) is 13.8 Å². The van der Waals surface area contributed by atoms with Gasteiger partial charge in [0.1, 0.15) is 11.8 Å². The Morgan fingerprint density at radius 3 is 2.81 bits per heavy atom. The van der Waals surface area contributed by atoms with Crippen LogP contribution in [0, 0.1) is 13.8 Å². The first-order chi connectivity index (χ1) is 7.68. The van der Waals surface area contributed by atoms with Crippen LogP contribution in [0.3, 0.4) is 0 Å². The molecule has 0 amide bonds. The van der Waals surface area contributed by atoms with E-state index in [1.54, 1.807) is 0 Å². The summed E-state index contributed by atoms with van der Waals surface area (Å²) in [6.07, 6.45) is 1.42. The fourth-order valence-electron chi connectivity index (χ4n) is 1.70. The van der Waals surface area contributed by atoms with E-state index in [9.17, 15) is 0 Å². The van der Waals surface area contributed by atoms with Gasteiger partial charge in [0.25, 0.3) is 0 Å². The van der Waals surface area contributed by atoms with Crippen LogP contribution in [-0.4, -0.2) is 20.2 Å². The molecule has 3 rings (SSSR count). The van der Waals surface area contributed by atoms with Gasteiger partial charge in [-0.1, -0.05) is 0 Å². The fraction of sp³-hybridized carbons (Fsp3) is 0.200. The van der Waals surface area contributed by atoms with Crippen LogP contribution in [0.2, 0.25) is 0 Å². The van der Waals surface area contributed by atoms with Crippen LogP contribution in [0.1, 0.15) is 11.3 Å². The highest BCUT2D eigenvalue weighted by molar-refractivity contribution is 6.05. The zero-order valence-electron chi connectivity index (χ0n) is 8.85. The number of aryl methyl sites for hydroxylation is 2. The molecule has 16 heavy (non-hydrogen) atoms. The second-order valence-electron chi connectivity index (χ2n) is 3.63. The van der Waals surface area contributed by atoms with Crippen molar-refractivity contribution >= 4 is 28.0 Å². The van der Waals surface area contributed by atoms with E-state index in [0.717, 1.165) is 16.6 Å². The van der Waals surface area contributed by atoms with Crippen molar-refractivity contribution in [1.82, 2.24) is 20.2 Å². The quantitative estimate of drug-likeness (QED) is 0.608. The third-order valence-electron chi connectivity index (χ3n) is 2.69. The smallest absolute Gasteiger partial charge is 0.249 e. The van der Waals surface area contributed by atoms with Gasteiger partial charge in [-0.3, -0.25) is 0 Å². The molecule has 0 aromatic carbocycles. The van der Waals surface area contributed by atoms with Crippen molar-refractivity contribution in [3.8, 4) is 0 Å². The molecule has 3 heterocycles. The van der Waals surface area contributed by atoms with E-state index < -0.39 is 0 Å². The Labute approximate surface area is 90.5 Å². The van der Waals surface area contributed by atoms with Crippen LogP contribution in [0.4, 0.5) is 5.82 Å². The number of rotatable bonds is 0. The number of fused-ring (bicyclic) bond motifs is 3. The first-order valence-corrected chi connectivity index (χ1v) is 4.81. The summed E-state index contributed by atoms with van der Waals surface area (Å²) in [4.78, 5) is 8.06. The van der Waals surface area contributed by atoms with Crippen LogP contribution in [0.5, 0.6) is 0 Å². The highest BCUT2D eigenvalue weighted by Crippen LogP contribution is 2.30. The van der Waals surface area contributed by atoms with Crippen LogP contribution >= 0.6 is 0 Å². The maximum Gasteiger partial charge on any atom is 0.249 e. The fourth-order valence-corrected chi connectivity index (χ4v) is 1.70. The lowest BCUT2D eigenvalue weighted by molar-refractivity contribution is 0.643. The number of hydrogen-bond donors (Lipinski definition) is 1. The van der Waals surface area contributed by atoms with E-state index >= 15 is 0 Å². The summed E-state index contributed by atoms with van der Waals surface area (Å²) < 4.78 is 5.50. The normalized spacial score (nSPS) is 11.4. The number of aromatic nitrogens is 4. The van der Waals surface area contributed by atoms with Gasteiger partial charge in [0, 0.05) is 0 Å². The third-order valence-corrected chi connectivity index (χ3v) is 2.69. The van der Waals surface area contributed by atoms with Gasteiger partial charge in [0.2, 0.25) is 5.71 Å². The van der Waals surface area contributed by atoms with Gasteiger partial charge in [-0.15, -0.1) is 5.10 Å². The minimum Gasteiger partial charge on any atom is -0.431 e. The van der Waals surface area contributed by atoms with E-state index in [1.807, 2.05) is 13.8 Å². The molecule has 0 bridgehead atoms. The molecular weight excluding hydrogens is 206 g/mol. The van der Waals surface area contributed by atoms with Gasteiger partial charge in [0.15, 0.2) is 11.4 Å². The molecule has 0 aliphatic heterocycles. The molecule has 3 aromatic rings. The van der Waals surface area contributed by atoms with Gasteiger partial charge in [-0.05, 0) is 19.4 Å². The van der Waals surface area contributed by atoms with Crippen LogP contribution < -0.4 is 5.73 Å². The molecule has 0 fully saturated rings. The molecule has 0 saturated heterocycles. The molecule has 0 aliphatic carbocycles. The van der Waals surface area contributed by atoms with E-state index in [-0.39, 0.29) is 0 Å². The highest BCUT2D eigenvalue weighted by Gasteiger charge is 2.15. The summed E-state index contributed by atoms with van der Waals surface area (Å²) in [5, 5.41) is 8.84. The van der Waals surface area contributed by atoms with Crippen LogP contribution in [0.25, 0.3) is 22.2 Å². The van der Waals surface area contributed by atoms with Gasteiger partial charge >= 0.3 is 0 Å². The first kappa shape index (κ1) is 9.02. The number of furan rings is 1. The third kappa shape index (κ3) is 1.01. The second kappa shape index (κ2) is 2.88. The van der Waals surface area contributed by atoms with Gasteiger partial charge in [0.05, 0.1) is 11.1 Å². The molecule has 0 radical (unpaired) electrons. The van der Waals surface area contributed by atoms with Crippen LogP contribution in [0.15, 0.2) is 10.7 Å². The largest absolute Gasteiger partial charge is 0.431 e. The Balaban J connectivity index is 2.63. The number of anilines is 1. The number of nitrogens with two attached hydrogens (primary N) is 1. The van der Waals surface area contributed by atoms with E-state index in [2.05, 4.69) is 20.2 Å². The predicted octanol–water partition coefficient (Wildman–Crippen LogP) is 1.37. The lowest BCUT2D eigenvalue weighted by Crippen LogP contribution is -1.92. The SMILES string of the molecule is Cc1nnc2oc3c(N)ncnc3c2c1C. The number of nitrogen functional groups attached to an aromatic ring is 1. The summed E-state index contributed by atoms with van der Waals surface area (Å²) in [5.74, 6) is 0.319. The second-order valence-corrected chi connectivity index (χ2v) is 3.63. The average molecular weight is 215 g/mol. The molecule has 0 aliphatic rings. The minimum atomic E-state index is 0.319. The maximum atomic E-state index is 5.72. The van der Waals surface area contributed by atoms with E-state index in [4.69, 9.17) is 10.2 Å². The summed E-state index contributed by atoms with van der Waals surface area (Å²) in [6, 6.07) is 0. The lowest BCUT2D eigenvalue weighted by atomic mass is 10.1. The molecule has 6 nitrogen and oxygen atoms in total. The van der Waals surface area contributed by atoms with Crippen molar-refractivity contribution in [3.05, 3.63) is 17.6 Å². The summed E-state index contributed by atoms with van der Waals surface area (Å²) >= 11 is 0. The minimum absolute atomic E-state index is 0.319. The Morgan fingerprint density at radius 1 is 1.19 bits per heavy atom. The van der Waals surface area contributed by atoms with Crippen molar-refractivity contribution in [3.63, 3.8) is 0 Å². The van der Waals surface area contributed by atoms with E-state index in [0.29, 0.717) is 22.6 Å². The van der Waals surface area contributed by atoms with Gasteiger partial charge < -0.3 is 10.2 Å². The number of nitrogens with zero attached hydrogens (tertiary/aromatic N) is 4. The average Bonchev–Trinajstić information content (AvgIpc) is 2.64. The molecule has 0 saturated carbocycles. The molecule has 80 valence electrons. The Morgan fingerprint density at radius 2 is 2.00 bits per heavy atom. The molecular formula is C10H9N5O. The predicted molar refractivity (Wildman–Crippen MR) is 58.8 cm³/mol. The van der Waals surface area contributed by atoms with Crippen molar-refractivity contribution in [2.75, 3.05) is 5.73 Å². The molecule has 0 atom stereocenters. The standard InChI is InChI=1S/C10H9N5O/c1-4-5(2)14-15-10-6(4)7-8(16-10)9(11)13-3-12-7/h3H,1-2H3,(H2,11,12,13). The van der Waals surface area contributed by atoms with Crippen molar-refractivity contribution < 1.29 is 4.42 Å². The Bertz CT molecular complexity index is 703. The molecule has 0 spiro atoms. The van der Waals surface area contributed by atoms with Gasteiger partial charge in [-0.25, -0.2) is 9.97 Å². The summed E-state index contributed by atoms with van der Waals surface area (Å²) in [6.45, 7) is 3.85. The molecule has 2 N–H and O–H groups in total. The Hall–Kier alpha value is -2.24.